The number of halogens is 2. The maximum absolute atomic E-state index is 13.7. The SMILES string of the molecule is CC(C)(N)[C@@H]1CCC[C@@]1(O)Cc1cc(F)ccc1F. The highest BCUT2D eigenvalue weighted by atomic mass is 19.1. The number of rotatable bonds is 3. The van der Waals surface area contributed by atoms with Crippen molar-refractivity contribution in [1.82, 2.24) is 0 Å². The maximum Gasteiger partial charge on any atom is 0.126 e. The Hall–Kier alpha value is -1.00. The van der Waals surface area contributed by atoms with E-state index >= 15 is 0 Å². The molecule has 0 aromatic heterocycles. The molecule has 1 fully saturated rings. The molecule has 0 radical (unpaired) electrons. The quantitative estimate of drug-likeness (QED) is 0.886. The molecule has 1 aromatic carbocycles. The van der Waals surface area contributed by atoms with Gasteiger partial charge >= 0.3 is 0 Å². The average Bonchev–Trinajstić information content (AvgIpc) is 2.65. The van der Waals surface area contributed by atoms with Gasteiger partial charge in [-0.1, -0.05) is 6.42 Å². The number of aliphatic hydroxyl groups is 1. The van der Waals surface area contributed by atoms with Crippen LogP contribution in [-0.2, 0) is 6.42 Å². The van der Waals surface area contributed by atoms with Crippen LogP contribution in [0.5, 0.6) is 0 Å². The molecule has 0 spiro atoms. The van der Waals surface area contributed by atoms with Gasteiger partial charge in [0.25, 0.3) is 0 Å². The zero-order valence-corrected chi connectivity index (χ0v) is 11.4. The van der Waals surface area contributed by atoms with E-state index in [9.17, 15) is 13.9 Å². The highest BCUT2D eigenvalue weighted by molar-refractivity contribution is 5.22. The van der Waals surface area contributed by atoms with E-state index in [0.29, 0.717) is 6.42 Å². The van der Waals surface area contributed by atoms with E-state index in [1.54, 1.807) is 0 Å². The van der Waals surface area contributed by atoms with E-state index in [4.69, 9.17) is 5.73 Å². The minimum Gasteiger partial charge on any atom is -0.389 e. The summed E-state index contributed by atoms with van der Waals surface area (Å²) in [7, 11) is 0. The molecule has 0 saturated heterocycles. The molecule has 0 heterocycles. The summed E-state index contributed by atoms with van der Waals surface area (Å²) in [4.78, 5) is 0. The number of hydrogen-bond donors (Lipinski definition) is 2. The van der Waals surface area contributed by atoms with Crippen molar-refractivity contribution in [1.29, 1.82) is 0 Å². The Bertz CT molecular complexity index is 470. The van der Waals surface area contributed by atoms with E-state index in [1.165, 1.54) is 0 Å². The summed E-state index contributed by atoms with van der Waals surface area (Å²) in [6, 6.07) is 3.35. The Morgan fingerprint density at radius 2 is 2.11 bits per heavy atom. The van der Waals surface area contributed by atoms with Gasteiger partial charge in [-0.05, 0) is 50.5 Å². The van der Waals surface area contributed by atoms with Crippen molar-refractivity contribution in [3.8, 4) is 0 Å². The number of hydrogen-bond acceptors (Lipinski definition) is 2. The molecular formula is C15H21F2NO. The summed E-state index contributed by atoms with van der Waals surface area (Å²) in [6.45, 7) is 3.74. The van der Waals surface area contributed by atoms with Gasteiger partial charge in [-0.3, -0.25) is 0 Å². The van der Waals surface area contributed by atoms with E-state index in [0.717, 1.165) is 31.0 Å². The van der Waals surface area contributed by atoms with Crippen LogP contribution in [-0.4, -0.2) is 16.2 Å². The lowest BCUT2D eigenvalue weighted by Crippen LogP contribution is -2.52. The van der Waals surface area contributed by atoms with Crippen molar-refractivity contribution in [2.24, 2.45) is 11.7 Å². The van der Waals surface area contributed by atoms with E-state index < -0.39 is 22.8 Å². The van der Waals surface area contributed by atoms with Crippen LogP contribution in [0.25, 0.3) is 0 Å². The van der Waals surface area contributed by atoms with Crippen LogP contribution in [0.15, 0.2) is 18.2 Å². The van der Waals surface area contributed by atoms with E-state index in [1.807, 2.05) is 13.8 Å². The number of benzene rings is 1. The van der Waals surface area contributed by atoms with Crippen molar-refractivity contribution in [2.45, 2.75) is 50.7 Å². The molecule has 1 aromatic rings. The molecule has 0 unspecified atom stereocenters. The van der Waals surface area contributed by atoms with Gasteiger partial charge < -0.3 is 10.8 Å². The molecule has 2 nitrogen and oxygen atoms in total. The molecule has 0 aliphatic heterocycles. The van der Waals surface area contributed by atoms with Gasteiger partial charge in [-0.25, -0.2) is 8.78 Å². The Morgan fingerprint density at radius 3 is 2.74 bits per heavy atom. The van der Waals surface area contributed by atoms with Crippen LogP contribution in [0, 0.1) is 17.6 Å². The molecule has 1 aliphatic rings. The Kier molecular flexibility index (Phi) is 3.67. The van der Waals surface area contributed by atoms with Crippen LogP contribution in [0.1, 0.15) is 38.7 Å². The molecule has 1 saturated carbocycles. The summed E-state index contributed by atoms with van der Waals surface area (Å²) >= 11 is 0. The third-order valence-electron chi connectivity index (χ3n) is 4.15. The fraction of sp³-hybridized carbons (Fsp3) is 0.600. The van der Waals surface area contributed by atoms with Crippen LogP contribution in [0.2, 0.25) is 0 Å². The molecule has 2 rings (SSSR count). The first-order valence-corrected chi connectivity index (χ1v) is 6.67. The predicted octanol–water partition coefficient (Wildman–Crippen LogP) is 2.78. The first-order valence-electron chi connectivity index (χ1n) is 6.67. The largest absolute Gasteiger partial charge is 0.389 e. The lowest BCUT2D eigenvalue weighted by Gasteiger charge is -2.39. The molecule has 106 valence electrons. The van der Waals surface area contributed by atoms with Crippen LogP contribution in [0.3, 0.4) is 0 Å². The minimum atomic E-state index is -1.05. The van der Waals surface area contributed by atoms with Gasteiger partial charge in [0.15, 0.2) is 0 Å². The summed E-state index contributed by atoms with van der Waals surface area (Å²) in [6.07, 6.45) is 2.37. The lowest BCUT2D eigenvalue weighted by molar-refractivity contribution is -0.0220. The van der Waals surface area contributed by atoms with Crippen LogP contribution < -0.4 is 5.73 Å². The molecule has 4 heteroatoms. The second kappa shape index (κ2) is 4.84. The first-order chi connectivity index (χ1) is 8.72. The third kappa shape index (κ3) is 2.95. The average molecular weight is 269 g/mol. The Morgan fingerprint density at radius 1 is 1.42 bits per heavy atom. The summed E-state index contributed by atoms with van der Waals surface area (Å²) in [5.74, 6) is -1.07. The zero-order valence-electron chi connectivity index (χ0n) is 11.4. The van der Waals surface area contributed by atoms with E-state index in [2.05, 4.69) is 0 Å². The normalized spacial score (nSPS) is 27.8. The topological polar surface area (TPSA) is 46.2 Å². The van der Waals surface area contributed by atoms with E-state index in [-0.39, 0.29) is 17.9 Å². The lowest BCUT2D eigenvalue weighted by atomic mass is 9.75. The second-order valence-electron chi connectivity index (χ2n) is 6.28. The molecule has 1 aliphatic carbocycles. The standard InChI is InChI=1S/C15H21F2NO/c1-14(2,18)13-4-3-7-15(13,19)9-10-8-11(16)5-6-12(10)17/h5-6,8,13,19H,3-4,7,9,18H2,1-2H3/t13-,15+/m0/s1. The Labute approximate surface area is 112 Å². The minimum absolute atomic E-state index is 0.109. The molecule has 0 amide bonds. The molecule has 3 N–H and O–H groups in total. The first kappa shape index (κ1) is 14.4. The third-order valence-corrected chi connectivity index (χ3v) is 4.15. The Balaban J connectivity index is 2.28. The fourth-order valence-electron chi connectivity index (χ4n) is 3.34. The van der Waals surface area contributed by atoms with Gasteiger partial charge in [0.05, 0.1) is 5.60 Å². The maximum atomic E-state index is 13.7. The second-order valence-corrected chi connectivity index (χ2v) is 6.28. The van der Waals surface area contributed by atoms with Crippen molar-refractivity contribution in [3.05, 3.63) is 35.4 Å². The van der Waals surface area contributed by atoms with Crippen molar-refractivity contribution in [2.75, 3.05) is 0 Å². The van der Waals surface area contributed by atoms with Gasteiger partial charge in [-0.2, -0.15) is 0 Å². The van der Waals surface area contributed by atoms with Gasteiger partial charge in [0.1, 0.15) is 11.6 Å². The molecule has 19 heavy (non-hydrogen) atoms. The summed E-state index contributed by atoms with van der Waals surface area (Å²) < 4.78 is 26.9. The molecular weight excluding hydrogens is 248 g/mol. The van der Waals surface area contributed by atoms with Crippen molar-refractivity contribution < 1.29 is 13.9 Å². The highest BCUT2D eigenvalue weighted by Gasteiger charge is 2.47. The van der Waals surface area contributed by atoms with Gasteiger partial charge in [-0.15, -0.1) is 0 Å². The summed E-state index contributed by atoms with van der Waals surface area (Å²) in [5.41, 5.74) is 4.75. The molecule has 2 atom stereocenters. The monoisotopic (exact) mass is 269 g/mol. The van der Waals surface area contributed by atoms with Crippen LogP contribution in [0.4, 0.5) is 8.78 Å². The predicted molar refractivity (Wildman–Crippen MR) is 70.6 cm³/mol. The molecule has 0 bridgehead atoms. The van der Waals surface area contributed by atoms with Crippen molar-refractivity contribution in [3.63, 3.8) is 0 Å². The summed E-state index contributed by atoms with van der Waals surface area (Å²) in [5, 5.41) is 10.8. The smallest absolute Gasteiger partial charge is 0.126 e. The van der Waals surface area contributed by atoms with Gasteiger partial charge in [0, 0.05) is 17.9 Å². The number of nitrogens with two attached hydrogens (primary N) is 1. The van der Waals surface area contributed by atoms with Gasteiger partial charge in [0.2, 0.25) is 0 Å². The van der Waals surface area contributed by atoms with Crippen molar-refractivity contribution >= 4 is 0 Å². The highest BCUT2D eigenvalue weighted by Crippen LogP contribution is 2.43. The van der Waals surface area contributed by atoms with Crippen LogP contribution >= 0.6 is 0 Å². The zero-order chi connectivity index (χ0) is 14.3. The fourth-order valence-corrected chi connectivity index (χ4v) is 3.34.